The maximum absolute atomic E-state index is 12.7. The molecule has 166 valence electrons. The third-order valence-corrected chi connectivity index (χ3v) is 6.49. The van der Waals surface area contributed by atoms with Crippen molar-refractivity contribution in [1.29, 1.82) is 0 Å². The fraction of sp³-hybridized carbons (Fsp3) is 0.130. The predicted molar refractivity (Wildman–Crippen MR) is 122 cm³/mol. The molecule has 0 bridgehead atoms. The van der Waals surface area contributed by atoms with Gasteiger partial charge < -0.3 is 9.64 Å². The Morgan fingerprint density at radius 2 is 1.59 bits per heavy atom. The van der Waals surface area contributed by atoms with Crippen molar-refractivity contribution in [3.63, 3.8) is 0 Å². The summed E-state index contributed by atoms with van der Waals surface area (Å²) >= 11 is 6.07. The van der Waals surface area contributed by atoms with Gasteiger partial charge in [0.15, 0.2) is 6.61 Å². The van der Waals surface area contributed by atoms with Crippen molar-refractivity contribution in [3.05, 3.63) is 95.0 Å². The standard InChI is InChI=1S/C23H21ClN2O5S/c1-26(19-10-6-3-7-11-19)22(27)16-31-23(28)18-12-13-20(24)21(14-18)32(29,30)25-15-17-8-4-2-5-9-17/h2-14,25H,15-16H2,1H3. The molecule has 3 rings (SSSR count). The Balaban J connectivity index is 1.67. The number of amides is 1. The van der Waals surface area contributed by atoms with Crippen LogP contribution < -0.4 is 9.62 Å². The van der Waals surface area contributed by atoms with E-state index in [1.165, 1.54) is 17.0 Å². The molecule has 0 heterocycles. The number of nitrogens with one attached hydrogen (secondary N) is 1. The van der Waals surface area contributed by atoms with E-state index >= 15 is 0 Å². The molecule has 9 heteroatoms. The summed E-state index contributed by atoms with van der Waals surface area (Å²) in [7, 11) is -2.42. The lowest BCUT2D eigenvalue weighted by atomic mass is 10.2. The fourth-order valence-corrected chi connectivity index (χ4v) is 4.33. The Labute approximate surface area is 191 Å². The van der Waals surface area contributed by atoms with Crippen LogP contribution >= 0.6 is 11.6 Å². The normalized spacial score (nSPS) is 11.1. The van der Waals surface area contributed by atoms with Crippen molar-refractivity contribution < 1.29 is 22.7 Å². The van der Waals surface area contributed by atoms with Gasteiger partial charge >= 0.3 is 5.97 Å². The van der Waals surface area contributed by atoms with Gasteiger partial charge in [-0.15, -0.1) is 0 Å². The molecule has 3 aromatic rings. The van der Waals surface area contributed by atoms with Gasteiger partial charge in [-0.05, 0) is 35.9 Å². The van der Waals surface area contributed by atoms with Gasteiger partial charge in [-0.2, -0.15) is 0 Å². The van der Waals surface area contributed by atoms with Gasteiger partial charge in [-0.3, -0.25) is 4.79 Å². The molecule has 0 aliphatic rings. The van der Waals surface area contributed by atoms with Crippen LogP contribution in [0.15, 0.2) is 83.8 Å². The van der Waals surface area contributed by atoms with Gasteiger partial charge in [0.25, 0.3) is 5.91 Å². The second-order valence-corrected chi connectivity index (χ2v) is 8.96. The van der Waals surface area contributed by atoms with Crippen LogP contribution in [0, 0.1) is 0 Å². The summed E-state index contributed by atoms with van der Waals surface area (Å²) in [6.07, 6.45) is 0. The summed E-state index contributed by atoms with van der Waals surface area (Å²) in [5.74, 6) is -1.27. The molecule has 0 aliphatic carbocycles. The average Bonchev–Trinajstić information content (AvgIpc) is 2.82. The highest BCUT2D eigenvalue weighted by atomic mass is 35.5. The Kier molecular flexibility index (Phi) is 7.63. The second-order valence-electron chi connectivity index (χ2n) is 6.82. The van der Waals surface area contributed by atoms with Gasteiger partial charge in [0.1, 0.15) is 4.90 Å². The number of nitrogens with zero attached hydrogens (tertiary/aromatic N) is 1. The lowest BCUT2D eigenvalue weighted by Crippen LogP contribution is -2.31. The number of rotatable bonds is 8. The summed E-state index contributed by atoms with van der Waals surface area (Å²) in [6, 6.07) is 21.6. The van der Waals surface area contributed by atoms with E-state index in [0.29, 0.717) is 5.69 Å². The maximum Gasteiger partial charge on any atom is 0.338 e. The number of likely N-dealkylation sites (N-methyl/N-ethyl adjacent to an activating group) is 1. The summed E-state index contributed by atoms with van der Waals surface area (Å²) < 4.78 is 32.9. The fourth-order valence-electron chi connectivity index (χ4n) is 2.79. The van der Waals surface area contributed by atoms with Gasteiger partial charge in [0, 0.05) is 19.3 Å². The van der Waals surface area contributed by atoms with Gasteiger partial charge in [0.05, 0.1) is 10.6 Å². The van der Waals surface area contributed by atoms with E-state index in [-0.39, 0.29) is 22.0 Å². The third-order valence-electron chi connectivity index (χ3n) is 4.61. The Morgan fingerprint density at radius 3 is 2.25 bits per heavy atom. The molecule has 3 aromatic carbocycles. The number of esters is 1. The zero-order valence-electron chi connectivity index (χ0n) is 17.2. The van der Waals surface area contributed by atoms with Gasteiger partial charge in [0.2, 0.25) is 10.0 Å². The zero-order valence-corrected chi connectivity index (χ0v) is 18.8. The first kappa shape index (κ1) is 23.5. The number of carbonyl (C=O) groups excluding carboxylic acids is 2. The number of sulfonamides is 1. The third kappa shape index (κ3) is 5.94. The number of anilines is 1. The van der Waals surface area contributed by atoms with E-state index in [0.717, 1.165) is 11.6 Å². The maximum atomic E-state index is 12.7. The average molecular weight is 473 g/mol. The Bertz CT molecular complexity index is 1200. The topological polar surface area (TPSA) is 92.8 Å². The number of hydrogen-bond acceptors (Lipinski definition) is 5. The minimum atomic E-state index is -3.99. The molecule has 0 radical (unpaired) electrons. The van der Waals surface area contributed by atoms with E-state index in [2.05, 4.69) is 4.72 Å². The number of para-hydroxylation sites is 1. The number of carbonyl (C=O) groups is 2. The van der Waals surface area contributed by atoms with Crippen LogP contribution in [-0.2, 0) is 26.1 Å². The molecular weight excluding hydrogens is 452 g/mol. The first-order valence-electron chi connectivity index (χ1n) is 9.60. The van der Waals surface area contributed by atoms with E-state index in [9.17, 15) is 18.0 Å². The molecule has 0 saturated heterocycles. The largest absolute Gasteiger partial charge is 0.452 e. The molecule has 1 amide bonds. The number of benzene rings is 3. The van der Waals surface area contributed by atoms with Crippen LogP contribution in [0.2, 0.25) is 5.02 Å². The van der Waals surface area contributed by atoms with Crippen LogP contribution in [0.5, 0.6) is 0 Å². The van der Waals surface area contributed by atoms with Gasteiger partial charge in [-0.1, -0.05) is 60.1 Å². The molecule has 0 spiro atoms. The molecule has 0 fully saturated rings. The lowest BCUT2D eigenvalue weighted by molar-refractivity contribution is -0.121. The monoisotopic (exact) mass is 472 g/mol. The van der Waals surface area contributed by atoms with Crippen LogP contribution in [-0.4, -0.2) is 33.9 Å². The van der Waals surface area contributed by atoms with E-state index in [4.69, 9.17) is 16.3 Å². The van der Waals surface area contributed by atoms with Crippen LogP contribution in [0.25, 0.3) is 0 Å². The first-order chi connectivity index (χ1) is 15.3. The molecule has 0 aromatic heterocycles. The quantitative estimate of drug-likeness (QED) is 0.505. The molecule has 0 atom stereocenters. The summed E-state index contributed by atoms with van der Waals surface area (Å²) in [5.41, 5.74) is 1.38. The second kappa shape index (κ2) is 10.4. The number of hydrogen-bond donors (Lipinski definition) is 1. The minimum absolute atomic E-state index is 0.0374. The molecule has 0 aliphatic heterocycles. The minimum Gasteiger partial charge on any atom is -0.452 e. The van der Waals surface area contributed by atoms with Crippen molar-refractivity contribution in [1.82, 2.24) is 4.72 Å². The summed E-state index contributed by atoms with van der Waals surface area (Å²) in [5, 5.41) is -0.0398. The van der Waals surface area contributed by atoms with Crippen molar-refractivity contribution in [3.8, 4) is 0 Å². The van der Waals surface area contributed by atoms with Crippen LogP contribution in [0.3, 0.4) is 0 Å². The molecule has 7 nitrogen and oxygen atoms in total. The molecule has 32 heavy (non-hydrogen) atoms. The highest BCUT2D eigenvalue weighted by molar-refractivity contribution is 7.89. The van der Waals surface area contributed by atoms with Crippen molar-refractivity contribution in [2.24, 2.45) is 0 Å². The van der Waals surface area contributed by atoms with E-state index in [1.807, 2.05) is 12.1 Å². The Hall–Kier alpha value is -3.20. The molecular formula is C23H21ClN2O5S. The number of ether oxygens (including phenoxy) is 1. The van der Waals surface area contributed by atoms with Crippen molar-refractivity contribution in [2.75, 3.05) is 18.6 Å². The zero-order chi connectivity index (χ0) is 23.1. The van der Waals surface area contributed by atoms with E-state index in [1.54, 1.807) is 55.6 Å². The molecule has 0 saturated carbocycles. The van der Waals surface area contributed by atoms with E-state index < -0.39 is 28.5 Å². The lowest BCUT2D eigenvalue weighted by Gasteiger charge is -2.17. The highest BCUT2D eigenvalue weighted by Gasteiger charge is 2.21. The molecule has 1 N–H and O–H groups in total. The highest BCUT2D eigenvalue weighted by Crippen LogP contribution is 2.23. The van der Waals surface area contributed by atoms with Crippen LogP contribution in [0.4, 0.5) is 5.69 Å². The van der Waals surface area contributed by atoms with Gasteiger partial charge in [-0.25, -0.2) is 17.9 Å². The SMILES string of the molecule is CN(C(=O)COC(=O)c1ccc(Cl)c(S(=O)(=O)NCc2ccccc2)c1)c1ccccc1. The van der Waals surface area contributed by atoms with Crippen molar-refractivity contribution >= 4 is 39.2 Å². The molecule has 0 unspecified atom stereocenters. The van der Waals surface area contributed by atoms with Crippen LogP contribution in [0.1, 0.15) is 15.9 Å². The number of halogens is 1. The summed E-state index contributed by atoms with van der Waals surface area (Å²) in [6.45, 7) is -0.435. The van der Waals surface area contributed by atoms with Crippen molar-refractivity contribution in [2.45, 2.75) is 11.4 Å². The predicted octanol–water partition coefficient (Wildman–Crippen LogP) is 3.64. The summed E-state index contributed by atoms with van der Waals surface area (Å²) in [4.78, 5) is 25.8. The Morgan fingerprint density at radius 1 is 0.969 bits per heavy atom. The smallest absolute Gasteiger partial charge is 0.338 e. The first-order valence-corrected chi connectivity index (χ1v) is 11.5.